The van der Waals surface area contributed by atoms with Gasteiger partial charge in [0.2, 0.25) is 0 Å². The highest BCUT2D eigenvalue weighted by atomic mass is 35.5. The quantitative estimate of drug-likeness (QED) is 0.734. The lowest BCUT2D eigenvalue weighted by Gasteiger charge is -2.12. The predicted molar refractivity (Wildman–Crippen MR) is 88.6 cm³/mol. The Kier molecular flexibility index (Phi) is 3.59. The lowest BCUT2D eigenvalue weighted by Crippen LogP contribution is -2.02. The van der Waals surface area contributed by atoms with E-state index in [1.54, 1.807) is 12.1 Å². The van der Waals surface area contributed by atoms with Crippen LogP contribution in [0.4, 0.5) is 0 Å². The van der Waals surface area contributed by atoms with Gasteiger partial charge in [-0.15, -0.1) is 0 Å². The molecule has 0 radical (unpaired) electrons. The third-order valence-electron chi connectivity index (χ3n) is 3.75. The van der Waals surface area contributed by atoms with Crippen LogP contribution in [0.25, 0.3) is 22.2 Å². The number of carboxylic acids is 1. The summed E-state index contributed by atoms with van der Waals surface area (Å²) in [6, 6.07) is 12.8. The summed E-state index contributed by atoms with van der Waals surface area (Å²) in [5.41, 5.74) is 4.10. The van der Waals surface area contributed by atoms with Gasteiger partial charge in [0.25, 0.3) is 0 Å². The van der Waals surface area contributed by atoms with Crippen molar-refractivity contribution >= 4 is 28.5 Å². The van der Waals surface area contributed by atoms with Crippen molar-refractivity contribution in [1.82, 2.24) is 4.98 Å². The van der Waals surface area contributed by atoms with E-state index < -0.39 is 5.97 Å². The largest absolute Gasteiger partial charge is 0.478 e. The van der Waals surface area contributed by atoms with Crippen molar-refractivity contribution in [2.45, 2.75) is 13.8 Å². The van der Waals surface area contributed by atoms with Gasteiger partial charge in [0, 0.05) is 16.0 Å². The average Bonchev–Trinajstić information content (AvgIpc) is 2.50. The van der Waals surface area contributed by atoms with Crippen LogP contribution >= 0.6 is 11.6 Å². The Morgan fingerprint density at radius 2 is 1.77 bits per heavy atom. The van der Waals surface area contributed by atoms with Crippen LogP contribution < -0.4 is 0 Å². The van der Waals surface area contributed by atoms with E-state index in [2.05, 4.69) is 4.98 Å². The van der Waals surface area contributed by atoms with E-state index in [1.165, 1.54) is 0 Å². The van der Waals surface area contributed by atoms with E-state index in [0.717, 1.165) is 16.7 Å². The maximum Gasteiger partial charge on any atom is 0.336 e. The number of aromatic carboxylic acids is 1. The van der Waals surface area contributed by atoms with E-state index in [9.17, 15) is 9.90 Å². The highest BCUT2D eigenvalue weighted by molar-refractivity contribution is 6.33. The molecule has 0 atom stereocenters. The van der Waals surface area contributed by atoms with Crippen LogP contribution in [0.2, 0.25) is 5.02 Å². The molecule has 3 nitrogen and oxygen atoms in total. The van der Waals surface area contributed by atoms with E-state index in [4.69, 9.17) is 11.6 Å². The molecule has 0 aliphatic rings. The minimum absolute atomic E-state index is 0.251. The molecule has 4 heteroatoms. The van der Waals surface area contributed by atoms with Gasteiger partial charge in [-0.2, -0.15) is 0 Å². The Morgan fingerprint density at radius 3 is 2.45 bits per heavy atom. The van der Waals surface area contributed by atoms with Gasteiger partial charge in [-0.1, -0.05) is 41.9 Å². The highest BCUT2D eigenvalue weighted by Gasteiger charge is 2.16. The van der Waals surface area contributed by atoms with Crippen molar-refractivity contribution in [1.29, 1.82) is 0 Å². The number of aryl methyl sites for hydroxylation is 2. The molecule has 3 rings (SSSR count). The second kappa shape index (κ2) is 5.43. The third-order valence-corrected chi connectivity index (χ3v) is 4.08. The van der Waals surface area contributed by atoms with E-state index in [0.29, 0.717) is 21.6 Å². The summed E-state index contributed by atoms with van der Waals surface area (Å²) in [5, 5.41) is 10.8. The lowest BCUT2D eigenvalue weighted by molar-refractivity contribution is 0.0699. The second-order valence-corrected chi connectivity index (χ2v) is 5.67. The number of aromatic nitrogens is 1. The molecule has 0 bridgehead atoms. The van der Waals surface area contributed by atoms with Crippen molar-refractivity contribution < 1.29 is 9.90 Å². The molecule has 1 aromatic heterocycles. The molecule has 0 aliphatic heterocycles. The van der Waals surface area contributed by atoms with Gasteiger partial charge in [-0.3, -0.25) is 0 Å². The summed E-state index contributed by atoms with van der Waals surface area (Å²) in [5.74, 6) is -0.964. The molecule has 1 heterocycles. The topological polar surface area (TPSA) is 50.2 Å². The maximum atomic E-state index is 11.7. The number of hydrogen-bond acceptors (Lipinski definition) is 2. The summed E-state index contributed by atoms with van der Waals surface area (Å²) in [6.07, 6.45) is 0. The molecule has 0 unspecified atom stereocenters. The van der Waals surface area contributed by atoms with Gasteiger partial charge in [0.05, 0.1) is 16.8 Å². The van der Waals surface area contributed by atoms with Gasteiger partial charge < -0.3 is 5.11 Å². The van der Waals surface area contributed by atoms with Crippen molar-refractivity contribution in [3.8, 4) is 11.3 Å². The fourth-order valence-corrected chi connectivity index (χ4v) is 2.85. The van der Waals surface area contributed by atoms with Crippen LogP contribution in [0.5, 0.6) is 0 Å². The minimum atomic E-state index is -0.964. The average molecular weight is 312 g/mol. The molecule has 0 spiro atoms. The van der Waals surface area contributed by atoms with Gasteiger partial charge in [0.15, 0.2) is 0 Å². The summed E-state index contributed by atoms with van der Waals surface area (Å²) in [6.45, 7) is 3.82. The third kappa shape index (κ3) is 2.34. The normalized spacial score (nSPS) is 10.9. The number of carboxylic acid groups (broad SMARTS) is 1. The molecular weight excluding hydrogens is 298 g/mol. The molecular formula is C18H14ClNO2. The van der Waals surface area contributed by atoms with Crippen molar-refractivity contribution in [2.75, 3.05) is 0 Å². The van der Waals surface area contributed by atoms with E-state index >= 15 is 0 Å². The van der Waals surface area contributed by atoms with E-state index in [-0.39, 0.29) is 5.56 Å². The standard InChI is InChI=1S/C18H14ClNO2/c1-10-7-8-11(2)17-16(10)13(18(21)22)9-15(20-17)12-5-3-4-6-14(12)19/h3-9H,1-2H3,(H,21,22). The summed E-state index contributed by atoms with van der Waals surface area (Å²) in [4.78, 5) is 16.3. The van der Waals surface area contributed by atoms with Crippen LogP contribution in [0.1, 0.15) is 21.5 Å². The van der Waals surface area contributed by atoms with E-state index in [1.807, 2.05) is 44.2 Å². The Labute approximate surface area is 133 Å². The first kappa shape index (κ1) is 14.5. The SMILES string of the molecule is Cc1ccc(C)c2c(C(=O)O)cc(-c3ccccc3Cl)nc12. The molecule has 22 heavy (non-hydrogen) atoms. The summed E-state index contributed by atoms with van der Waals surface area (Å²) >= 11 is 6.23. The fraction of sp³-hybridized carbons (Fsp3) is 0.111. The van der Waals surface area contributed by atoms with Crippen molar-refractivity contribution in [3.05, 3.63) is 64.2 Å². The molecule has 0 amide bonds. The first-order valence-electron chi connectivity index (χ1n) is 6.88. The monoisotopic (exact) mass is 311 g/mol. The zero-order valence-electron chi connectivity index (χ0n) is 12.2. The lowest BCUT2D eigenvalue weighted by atomic mass is 9.98. The molecule has 3 aromatic rings. The van der Waals surface area contributed by atoms with Gasteiger partial charge >= 0.3 is 5.97 Å². The molecule has 110 valence electrons. The van der Waals surface area contributed by atoms with Gasteiger partial charge in [-0.05, 0) is 37.1 Å². The van der Waals surface area contributed by atoms with Crippen LogP contribution in [-0.2, 0) is 0 Å². The predicted octanol–water partition coefficient (Wildman–Crippen LogP) is 4.87. The number of rotatable bonds is 2. The van der Waals surface area contributed by atoms with Crippen LogP contribution in [-0.4, -0.2) is 16.1 Å². The van der Waals surface area contributed by atoms with Crippen molar-refractivity contribution in [2.24, 2.45) is 0 Å². The Bertz CT molecular complexity index is 903. The zero-order chi connectivity index (χ0) is 15.9. The van der Waals surface area contributed by atoms with Gasteiger partial charge in [0.1, 0.15) is 0 Å². The van der Waals surface area contributed by atoms with Crippen molar-refractivity contribution in [3.63, 3.8) is 0 Å². The summed E-state index contributed by atoms with van der Waals surface area (Å²) in [7, 11) is 0. The molecule has 0 saturated carbocycles. The number of pyridine rings is 1. The summed E-state index contributed by atoms with van der Waals surface area (Å²) < 4.78 is 0. The maximum absolute atomic E-state index is 11.7. The smallest absolute Gasteiger partial charge is 0.336 e. The zero-order valence-corrected chi connectivity index (χ0v) is 13.0. The molecule has 0 fully saturated rings. The first-order chi connectivity index (χ1) is 10.5. The first-order valence-corrected chi connectivity index (χ1v) is 7.26. The second-order valence-electron chi connectivity index (χ2n) is 5.26. The Hall–Kier alpha value is -2.39. The number of halogens is 1. The number of benzene rings is 2. The highest BCUT2D eigenvalue weighted by Crippen LogP contribution is 2.32. The molecule has 0 saturated heterocycles. The number of fused-ring (bicyclic) bond motifs is 1. The molecule has 2 aromatic carbocycles. The Balaban J connectivity index is 2.43. The van der Waals surface area contributed by atoms with Crippen LogP contribution in [0.3, 0.4) is 0 Å². The number of carbonyl (C=O) groups is 1. The minimum Gasteiger partial charge on any atom is -0.478 e. The van der Waals surface area contributed by atoms with Crippen LogP contribution in [0.15, 0.2) is 42.5 Å². The number of hydrogen-bond donors (Lipinski definition) is 1. The Morgan fingerprint density at radius 1 is 1.09 bits per heavy atom. The number of nitrogens with zero attached hydrogens (tertiary/aromatic N) is 1. The molecule has 0 aliphatic carbocycles. The molecule has 1 N–H and O–H groups in total. The van der Waals surface area contributed by atoms with Crippen LogP contribution in [0, 0.1) is 13.8 Å². The fourth-order valence-electron chi connectivity index (χ4n) is 2.62. The van der Waals surface area contributed by atoms with Gasteiger partial charge in [-0.25, -0.2) is 9.78 Å².